The van der Waals surface area contributed by atoms with E-state index in [9.17, 15) is 0 Å². The molecule has 0 bridgehead atoms. The number of aromatic nitrogens is 1. The van der Waals surface area contributed by atoms with Gasteiger partial charge in [0.05, 0.1) is 0 Å². The Morgan fingerprint density at radius 1 is 1.31 bits per heavy atom. The Kier molecular flexibility index (Phi) is 3.35. The van der Waals surface area contributed by atoms with Gasteiger partial charge in [-0.05, 0) is 51.0 Å². The Bertz CT molecular complexity index is 519. The lowest BCUT2D eigenvalue weighted by molar-refractivity contribution is 0.955. The molecule has 0 aliphatic carbocycles. The number of aryl methyl sites for hydroxylation is 1. The van der Waals surface area contributed by atoms with Crippen LogP contribution in [0.2, 0.25) is 5.02 Å². The van der Waals surface area contributed by atoms with Crippen LogP contribution in [0.3, 0.4) is 0 Å². The number of hydrogen-bond donors (Lipinski definition) is 1. The van der Waals surface area contributed by atoms with Gasteiger partial charge >= 0.3 is 0 Å². The summed E-state index contributed by atoms with van der Waals surface area (Å²) in [5.74, 6) is 0. The fourth-order valence-corrected chi connectivity index (χ4v) is 2.00. The molecule has 2 heteroatoms. The van der Waals surface area contributed by atoms with Gasteiger partial charge < -0.3 is 4.98 Å². The van der Waals surface area contributed by atoms with E-state index in [-0.39, 0.29) is 0 Å². The van der Waals surface area contributed by atoms with E-state index in [1.165, 1.54) is 16.7 Å². The third-order valence-electron chi connectivity index (χ3n) is 2.60. The van der Waals surface area contributed by atoms with E-state index in [0.717, 1.165) is 23.4 Å². The van der Waals surface area contributed by atoms with Crippen molar-refractivity contribution in [1.29, 1.82) is 0 Å². The molecule has 1 heterocycles. The smallest absolute Gasteiger partial charge is 0.0457 e. The lowest BCUT2D eigenvalue weighted by atomic mass is 10.2. The molecule has 0 saturated heterocycles. The van der Waals surface area contributed by atoms with Crippen LogP contribution in [0, 0.1) is 0 Å². The predicted octanol–water partition coefficient (Wildman–Crippen LogP) is 4.72. The van der Waals surface area contributed by atoms with Crippen LogP contribution in [-0.2, 0) is 6.42 Å². The second kappa shape index (κ2) is 4.75. The molecule has 1 N–H and O–H groups in total. The van der Waals surface area contributed by atoms with Gasteiger partial charge in [-0.1, -0.05) is 23.3 Å². The second-order valence-corrected chi connectivity index (χ2v) is 4.78. The molecule has 0 spiro atoms. The molecule has 0 atom stereocenters. The number of H-pyrrole nitrogens is 1. The van der Waals surface area contributed by atoms with Gasteiger partial charge in [0.2, 0.25) is 0 Å². The summed E-state index contributed by atoms with van der Waals surface area (Å²) >= 11 is 5.95. The van der Waals surface area contributed by atoms with E-state index >= 15 is 0 Å². The standard InChI is InChI=1S/C14H16ClN/c1-10(2)4-3-5-13-9-11-8-12(15)6-7-14(11)16-13/h4,6-9,16H,3,5H2,1-2H3. The molecule has 16 heavy (non-hydrogen) atoms. The van der Waals surface area contributed by atoms with Crippen LogP contribution in [0.4, 0.5) is 0 Å². The molecule has 0 radical (unpaired) electrons. The summed E-state index contributed by atoms with van der Waals surface area (Å²) in [5, 5.41) is 1.99. The third-order valence-corrected chi connectivity index (χ3v) is 2.84. The maximum absolute atomic E-state index is 5.95. The number of fused-ring (bicyclic) bond motifs is 1. The number of rotatable bonds is 3. The quantitative estimate of drug-likeness (QED) is 0.739. The maximum Gasteiger partial charge on any atom is 0.0457 e. The number of nitrogens with one attached hydrogen (secondary N) is 1. The van der Waals surface area contributed by atoms with E-state index in [0.29, 0.717) is 0 Å². The zero-order valence-electron chi connectivity index (χ0n) is 9.68. The molecular formula is C14H16ClN. The molecule has 1 aromatic heterocycles. The second-order valence-electron chi connectivity index (χ2n) is 4.35. The van der Waals surface area contributed by atoms with E-state index in [1.54, 1.807) is 0 Å². The largest absolute Gasteiger partial charge is 0.358 e. The van der Waals surface area contributed by atoms with Gasteiger partial charge in [-0.3, -0.25) is 0 Å². The average Bonchev–Trinajstić information content (AvgIpc) is 2.58. The predicted molar refractivity (Wildman–Crippen MR) is 71.1 cm³/mol. The van der Waals surface area contributed by atoms with Crippen LogP contribution in [-0.4, -0.2) is 4.98 Å². The zero-order chi connectivity index (χ0) is 11.5. The Hall–Kier alpha value is -1.21. The molecular weight excluding hydrogens is 218 g/mol. The van der Waals surface area contributed by atoms with Crippen molar-refractivity contribution in [2.24, 2.45) is 0 Å². The van der Waals surface area contributed by atoms with Gasteiger partial charge in [0.25, 0.3) is 0 Å². The molecule has 0 saturated carbocycles. The van der Waals surface area contributed by atoms with Crippen molar-refractivity contribution < 1.29 is 0 Å². The SMILES string of the molecule is CC(C)=CCCc1cc2cc(Cl)ccc2[nH]1. The highest BCUT2D eigenvalue weighted by Gasteiger charge is 2.00. The molecule has 0 fully saturated rings. The summed E-state index contributed by atoms with van der Waals surface area (Å²) in [6.45, 7) is 4.26. The lowest BCUT2D eigenvalue weighted by Gasteiger charge is -1.93. The van der Waals surface area contributed by atoms with Crippen molar-refractivity contribution in [3.63, 3.8) is 0 Å². The van der Waals surface area contributed by atoms with Gasteiger partial charge in [-0.15, -0.1) is 0 Å². The summed E-state index contributed by atoms with van der Waals surface area (Å²) < 4.78 is 0. The van der Waals surface area contributed by atoms with Crippen LogP contribution in [0.25, 0.3) is 10.9 Å². The minimum absolute atomic E-state index is 0.794. The normalized spacial score (nSPS) is 10.7. The van der Waals surface area contributed by atoms with Crippen molar-refractivity contribution in [1.82, 2.24) is 4.98 Å². The highest BCUT2D eigenvalue weighted by Crippen LogP contribution is 2.20. The van der Waals surface area contributed by atoms with Gasteiger partial charge in [-0.25, -0.2) is 0 Å². The Morgan fingerprint density at radius 2 is 2.12 bits per heavy atom. The van der Waals surface area contributed by atoms with Gasteiger partial charge in [-0.2, -0.15) is 0 Å². The van der Waals surface area contributed by atoms with Crippen molar-refractivity contribution in [3.05, 3.63) is 46.6 Å². The summed E-state index contributed by atoms with van der Waals surface area (Å²) in [4.78, 5) is 3.41. The first-order valence-corrected chi connectivity index (χ1v) is 5.93. The monoisotopic (exact) mass is 233 g/mol. The first kappa shape index (κ1) is 11.3. The fourth-order valence-electron chi connectivity index (χ4n) is 1.81. The Balaban J connectivity index is 2.17. The molecule has 2 rings (SSSR count). The molecule has 0 aliphatic rings. The molecule has 84 valence electrons. The van der Waals surface area contributed by atoms with E-state index in [4.69, 9.17) is 11.6 Å². The number of halogens is 1. The summed E-state index contributed by atoms with van der Waals surface area (Å²) in [6, 6.07) is 8.13. The van der Waals surface area contributed by atoms with Gasteiger partial charge in [0.1, 0.15) is 0 Å². The lowest BCUT2D eigenvalue weighted by Crippen LogP contribution is -1.82. The number of allylic oxidation sites excluding steroid dienone is 2. The third kappa shape index (κ3) is 2.67. The molecule has 0 unspecified atom stereocenters. The number of aromatic amines is 1. The van der Waals surface area contributed by atoms with Crippen LogP contribution in [0.5, 0.6) is 0 Å². The number of benzene rings is 1. The molecule has 0 amide bonds. The number of hydrogen-bond acceptors (Lipinski definition) is 0. The first-order valence-electron chi connectivity index (χ1n) is 5.55. The molecule has 1 aromatic carbocycles. The maximum atomic E-state index is 5.95. The highest BCUT2D eigenvalue weighted by molar-refractivity contribution is 6.31. The van der Waals surface area contributed by atoms with Gasteiger partial charge in [0, 0.05) is 21.6 Å². The molecule has 1 nitrogen and oxygen atoms in total. The van der Waals surface area contributed by atoms with Crippen molar-refractivity contribution in [3.8, 4) is 0 Å². The molecule has 2 aromatic rings. The van der Waals surface area contributed by atoms with E-state index < -0.39 is 0 Å². The van der Waals surface area contributed by atoms with Crippen LogP contribution >= 0.6 is 11.6 Å². The van der Waals surface area contributed by atoms with Gasteiger partial charge in [0.15, 0.2) is 0 Å². The van der Waals surface area contributed by atoms with Crippen molar-refractivity contribution in [2.45, 2.75) is 26.7 Å². The summed E-state index contributed by atoms with van der Waals surface area (Å²) in [6.07, 6.45) is 4.40. The summed E-state index contributed by atoms with van der Waals surface area (Å²) in [5.41, 5.74) is 3.81. The van der Waals surface area contributed by atoms with Crippen LogP contribution in [0.1, 0.15) is 26.0 Å². The summed E-state index contributed by atoms with van der Waals surface area (Å²) in [7, 11) is 0. The fraction of sp³-hybridized carbons (Fsp3) is 0.286. The minimum atomic E-state index is 0.794. The van der Waals surface area contributed by atoms with Crippen LogP contribution in [0.15, 0.2) is 35.9 Å². The Labute approximate surface area is 101 Å². The van der Waals surface area contributed by atoms with E-state index in [1.807, 2.05) is 18.2 Å². The van der Waals surface area contributed by atoms with Crippen molar-refractivity contribution in [2.75, 3.05) is 0 Å². The topological polar surface area (TPSA) is 15.8 Å². The zero-order valence-corrected chi connectivity index (χ0v) is 10.4. The Morgan fingerprint density at radius 3 is 2.88 bits per heavy atom. The highest BCUT2D eigenvalue weighted by atomic mass is 35.5. The van der Waals surface area contributed by atoms with E-state index in [2.05, 4.69) is 31.0 Å². The average molecular weight is 234 g/mol. The van der Waals surface area contributed by atoms with Crippen molar-refractivity contribution >= 4 is 22.5 Å². The first-order chi connectivity index (χ1) is 7.65. The molecule has 0 aliphatic heterocycles. The van der Waals surface area contributed by atoms with Crippen LogP contribution < -0.4 is 0 Å². The minimum Gasteiger partial charge on any atom is -0.358 e.